The summed E-state index contributed by atoms with van der Waals surface area (Å²) < 4.78 is 0. The van der Waals surface area contributed by atoms with Gasteiger partial charge in [0.2, 0.25) is 5.91 Å². The number of carboxylic acids is 1. The van der Waals surface area contributed by atoms with Crippen molar-refractivity contribution in [3.05, 3.63) is 35.4 Å². The number of benzene rings is 1. The van der Waals surface area contributed by atoms with E-state index in [0.717, 1.165) is 18.4 Å². The van der Waals surface area contributed by atoms with Gasteiger partial charge in [-0.3, -0.25) is 9.59 Å². The maximum Gasteiger partial charge on any atom is 0.335 e. The SMILES string of the molecule is O=C1CCC(C(=O)N2CCCC(c3ccc(C(=O)O)cc3)C2)=NN1. The first kappa shape index (κ1) is 16.2. The predicted octanol–water partition coefficient (Wildman–Crippen LogP) is 1.36. The minimum atomic E-state index is -0.945. The molecule has 0 aliphatic carbocycles. The average Bonchev–Trinajstić information content (AvgIpc) is 2.62. The summed E-state index contributed by atoms with van der Waals surface area (Å²) in [6, 6.07) is 6.83. The highest BCUT2D eigenvalue weighted by Gasteiger charge is 2.28. The third kappa shape index (κ3) is 3.45. The van der Waals surface area contributed by atoms with E-state index in [-0.39, 0.29) is 23.3 Å². The molecule has 0 bridgehead atoms. The van der Waals surface area contributed by atoms with Gasteiger partial charge in [-0.15, -0.1) is 0 Å². The number of nitrogens with zero attached hydrogens (tertiary/aromatic N) is 2. The molecule has 2 aliphatic heterocycles. The van der Waals surface area contributed by atoms with Crippen LogP contribution in [0.2, 0.25) is 0 Å². The number of nitrogens with one attached hydrogen (secondary N) is 1. The Morgan fingerprint density at radius 1 is 1.21 bits per heavy atom. The molecule has 0 aromatic heterocycles. The zero-order valence-electron chi connectivity index (χ0n) is 13.2. The van der Waals surface area contributed by atoms with Gasteiger partial charge in [-0.2, -0.15) is 5.10 Å². The van der Waals surface area contributed by atoms with Gasteiger partial charge in [0.05, 0.1) is 5.56 Å². The second-order valence-electron chi connectivity index (χ2n) is 6.11. The van der Waals surface area contributed by atoms with Gasteiger partial charge in [-0.1, -0.05) is 12.1 Å². The molecule has 1 aromatic rings. The van der Waals surface area contributed by atoms with Crippen molar-refractivity contribution in [2.24, 2.45) is 5.10 Å². The molecule has 1 aromatic carbocycles. The fourth-order valence-corrected chi connectivity index (χ4v) is 3.14. The zero-order chi connectivity index (χ0) is 17.1. The van der Waals surface area contributed by atoms with Gasteiger partial charge in [-0.25, -0.2) is 10.2 Å². The average molecular weight is 329 g/mol. The lowest BCUT2D eigenvalue weighted by Gasteiger charge is -2.33. The Bertz CT molecular complexity index is 696. The monoisotopic (exact) mass is 329 g/mol. The molecule has 7 heteroatoms. The van der Waals surface area contributed by atoms with Crippen LogP contribution in [0.15, 0.2) is 29.4 Å². The highest BCUT2D eigenvalue weighted by molar-refractivity contribution is 6.39. The lowest BCUT2D eigenvalue weighted by molar-refractivity contribution is -0.125. The number of carbonyl (C=O) groups excluding carboxylic acids is 2. The van der Waals surface area contributed by atoms with Crippen molar-refractivity contribution in [2.75, 3.05) is 13.1 Å². The highest BCUT2D eigenvalue weighted by atomic mass is 16.4. The van der Waals surface area contributed by atoms with Crippen molar-refractivity contribution in [2.45, 2.75) is 31.6 Å². The number of amides is 2. The number of hydrogen-bond donors (Lipinski definition) is 2. The van der Waals surface area contributed by atoms with Crippen LogP contribution >= 0.6 is 0 Å². The number of rotatable bonds is 3. The Labute approximate surface area is 139 Å². The predicted molar refractivity (Wildman–Crippen MR) is 86.8 cm³/mol. The van der Waals surface area contributed by atoms with E-state index < -0.39 is 5.97 Å². The van der Waals surface area contributed by atoms with Crippen LogP contribution in [0.25, 0.3) is 0 Å². The molecule has 2 N–H and O–H groups in total. The number of hydrazone groups is 1. The Morgan fingerprint density at radius 3 is 2.58 bits per heavy atom. The Hall–Kier alpha value is -2.70. The second kappa shape index (κ2) is 6.82. The normalized spacial score (nSPS) is 21.0. The van der Waals surface area contributed by atoms with E-state index in [9.17, 15) is 14.4 Å². The Kier molecular flexibility index (Phi) is 4.59. The smallest absolute Gasteiger partial charge is 0.335 e. The number of aromatic carboxylic acids is 1. The van der Waals surface area contributed by atoms with E-state index in [1.807, 2.05) is 12.1 Å². The van der Waals surface area contributed by atoms with Crippen LogP contribution in [-0.4, -0.2) is 46.6 Å². The minimum Gasteiger partial charge on any atom is -0.478 e. The van der Waals surface area contributed by atoms with Gasteiger partial charge in [0, 0.05) is 31.8 Å². The summed E-state index contributed by atoms with van der Waals surface area (Å²) in [7, 11) is 0. The molecule has 1 saturated heterocycles. The van der Waals surface area contributed by atoms with E-state index in [4.69, 9.17) is 5.11 Å². The zero-order valence-corrected chi connectivity index (χ0v) is 13.2. The van der Waals surface area contributed by atoms with E-state index >= 15 is 0 Å². The standard InChI is InChI=1S/C17H19N3O4/c21-15-8-7-14(18-19-15)16(22)20-9-1-2-13(10-20)11-3-5-12(6-4-11)17(23)24/h3-6,13H,1-2,7-10H2,(H,19,21)(H,23,24). The van der Waals surface area contributed by atoms with E-state index in [1.165, 1.54) is 0 Å². The molecule has 0 saturated carbocycles. The maximum absolute atomic E-state index is 12.5. The van der Waals surface area contributed by atoms with Crippen LogP contribution in [0.1, 0.15) is 47.5 Å². The molecule has 1 fully saturated rings. The fourth-order valence-electron chi connectivity index (χ4n) is 3.14. The van der Waals surface area contributed by atoms with Crippen LogP contribution < -0.4 is 5.43 Å². The summed E-state index contributed by atoms with van der Waals surface area (Å²) in [5, 5.41) is 12.8. The molecule has 0 spiro atoms. The van der Waals surface area contributed by atoms with Crippen molar-refractivity contribution in [1.29, 1.82) is 0 Å². The molecule has 1 atom stereocenters. The van der Waals surface area contributed by atoms with Crippen molar-refractivity contribution in [1.82, 2.24) is 10.3 Å². The molecular weight excluding hydrogens is 310 g/mol. The summed E-state index contributed by atoms with van der Waals surface area (Å²) in [6.45, 7) is 1.26. The first-order chi connectivity index (χ1) is 11.5. The van der Waals surface area contributed by atoms with Crippen molar-refractivity contribution in [3.63, 3.8) is 0 Å². The quantitative estimate of drug-likeness (QED) is 0.874. The first-order valence-corrected chi connectivity index (χ1v) is 8.02. The molecule has 1 unspecified atom stereocenters. The lowest BCUT2D eigenvalue weighted by atomic mass is 9.90. The van der Waals surface area contributed by atoms with Crippen LogP contribution in [0.4, 0.5) is 0 Å². The van der Waals surface area contributed by atoms with Crippen LogP contribution in [0, 0.1) is 0 Å². The van der Waals surface area contributed by atoms with Crippen LogP contribution in [-0.2, 0) is 9.59 Å². The molecule has 24 heavy (non-hydrogen) atoms. The van der Waals surface area contributed by atoms with Gasteiger partial charge in [0.25, 0.3) is 5.91 Å². The van der Waals surface area contributed by atoms with Crippen LogP contribution in [0.3, 0.4) is 0 Å². The van der Waals surface area contributed by atoms with E-state index in [0.29, 0.717) is 31.6 Å². The van der Waals surface area contributed by atoms with Gasteiger partial charge >= 0.3 is 5.97 Å². The summed E-state index contributed by atoms with van der Waals surface area (Å²) in [5.41, 5.74) is 4.05. The highest BCUT2D eigenvalue weighted by Crippen LogP contribution is 2.27. The molecule has 126 valence electrons. The first-order valence-electron chi connectivity index (χ1n) is 8.02. The molecular formula is C17H19N3O4. The Morgan fingerprint density at radius 2 is 1.96 bits per heavy atom. The third-order valence-electron chi connectivity index (χ3n) is 4.49. The largest absolute Gasteiger partial charge is 0.478 e. The number of carboxylic acid groups (broad SMARTS) is 1. The molecule has 3 rings (SSSR count). The van der Waals surface area contributed by atoms with Gasteiger partial charge in [0.15, 0.2) is 0 Å². The van der Waals surface area contributed by atoms with Crippen molar-refractivity contribution in [3.8, 4) is 0 Å². The maximum atomic E-state index is 12.5. The minimum absolute atomic E-state index is 0.123. The summed E-state index contributed by atoms with van der Waals surface area (Å²) in [5.74, 6) is -1.05. The molecule has 2 amide bonds. The third-order valence-corrected chi connectivity index (χ3v) is 4.49. The molecule has 2 aliphatic rings. The lowest BCUT2D eigenvalue weighted by Crippen LogP contribution is -2.44. The topological polar surface area (TPSA) is 99.1 Å². The fraction of sp³-hybridized carbons (Fsp3) is 0.412. The van der Waals surface area contributed by atoms with E-state index in [2.05, 4.69) is 10.5 Å². The van der Waals surface area contributed by atoms with Crippen molar-refractivity contribution >= 4 is 23.5 Å². The molecule has 2 heterocycles. The number of likely N-dealkylation sites (tertiary alicyclic amines) is 1. The summed E-state index contributed by atoms with van der Waals surface area (Å²) >= 11 is 0. The number of carbonyl (C=O) groups is 3. The van der Waals surface area contributed by atoms with Crippen molar-refractivity contribution < 1.29 is 19.5 Å². The van der Waals surface area contributed by atoms with Crippen LogP contribution in [0.5, 0.6) is 0 Å². The second-order valence-corrected chi connectivity index (χ2v) is 6.11. The van der Waals surface area contributed by atoms with Gasteiger partial charge < -0.3 is 10.0 Å². The van der Waals surface area contributed by atoms with Gasteiger partial charge in [0.1, 0.15) is 5.71 Å². The summed E-state index contributed by atoms with van der Waals surface area (Å²) in [6.07, 6.45) is 2.51. The summed E-state index contributed by atoms with van der Waals surface area (Å²) in [4.78, 5) is 36.4. The Balaban J connectivity index is 1.68. The number of hydrogen-bond acceptors (Lipinski definition) is 4. The molecule has 0 radical (unpaired) electrons. The van der Waals surface area contributed by atoms with E-state index in [1.54, 1.807) is 17.0 Å². The van der Waals surface area contributed by atoms with Gasteiger partial charge in [-0.05, 0) is 30.5 Å². The molecule has 7 nitrogen and oxygen atoms in total. The number of piperidine rings is 1.